The Labute approximate surface area is 201 Å². The number of hydrogen-bond donors (Lipinski definition) is 1. The highest BCUT2D eigenvalue weighted by Gasteiger charge is 2.39. The molecule has 1 saturated heterocycles. The molecule has 1 atom stereocenters. The fourth-order valence-electron chi connectivity index (χ4n) is 4.20. The standard InChI is InChI=1S/C26H25F3N4O2/c27-26(28,29)23-21(12-7-13-30-23)25(35)33-16-14-32(15-17-33)22(20-10-5-2-6-11-20)24(34)31-18-19-8-3-1-4-9-19/h1-13,22H,14-18H2,(H,31,34). The van der Waals surface area contributed by atoms with Crippen molar-refractivity contribution >= 4 is 11.8 Å². The molecular weight excluding hydrogens is 457 g/mol. The molecule has 9 heteroatoms. The van der Waals surface area contributed by atoms with Crippen LogP contribution in [0.3, 0.4) is 0 Å². The van der Waals surface area contributed by atoms with Gasteiger partial charge in [0.25, 0.3) is 5.91 Å². The summed E-state index contributed by atoms with van der Waals surface area (Å²) in [6, 6.07) is 20.8. The van der Waals surface area contributed by atoms with Crippen molar-refractivity contribution in [2.75, 3.05) is 26.2 Å². The fourth-order valence-corrected chi connectivity index (χ4v) is 4.20. The molecule has 2 heterocycles. The number of carbonyl (C=O) groups is 2. The van der Waals surface area contributed by atoms with E-state index in [2.05, 4.69) is 10.3 Å². The van der Waals surface area contributed by atoms with E-state index in [4.69, 9.17) is 0 Å². The molecule has 0 saturated carbocycles. The number of halogens is 3. The number of nitrogens with zero attached hydrogens (tertiary/aromatic N) is 3. The number of rotatable bonds is 6. The molecule has 0 aliphatic carbocycles. The number of alkyl halides is 3. The zero-order chi connectivity index (χ0) is 24.8. The van der Waals surface area contributed by atoms with Crippen LogP contribution in [0.1, 0.15) is 33.2 Å². The Morgan fingerprint density at radius 1 is 0.886 bits per heavy atom. The van der Waals surface area contributed by atoms with Crippen LogP contribution >= 0.6 is 0 Å². The van der Waals surface area contributed by atoms with Gasteiger partial charge in [-0.15, -0.1) is 0 Å². The molecule has 0 spiro atoms. The maximum absolute atomic E-state index is 13.3. The lowest BCUT2D eigenvalue weighted by molar-refractivity contribution is -0.141. The highest BCUT2D eigenvalue weighted by Crippen LogP contribution is 2.31. The van der Waals surface area contributed by atoms with Crippen molar-refractivity contribution in [2.45, 2.75) is 18.8 Å². The summed E-state index contributed by atoms with van der Waals surface area (Å²) in [5.74, 6) is -0.888. The van der Waals surface area contributed by atoms with E-state index in [0.717, 1.165) is 23.4 Å². The van der Waals surface area contributed by atoms with E-state index < -0.39 is 29.4 Å². The Morgan fingerprint density at radius 3 is 2.14 bits per heavy atom. The number of aromatic nitrogens is 1. The Hall–Kier alpha value is -3.72. The van der Waals surface area contributed by atoms with Crippen LogP contribution in [0.25, 0.3) is 0 Å². The van der Waals surface area contributed by atoms with E-state index >= 15 is 0 Å². The van der Waals surface area contributed by atoms with Crippen molar-refractivity contribution in [3.05, 3.63) is 101 Å². The molecule has 0 radical (unpaired) electrons. The van der Waals surface area contributed by atoms with Gasteiger partial charge in [-0.3, -0.25) is 19.5 Å². The molecule has 182 valence electrons. The quantitative estimate of drug-likeness (QED) is 0.579. The van der Waals surface area contributed by atoms with Gasteiger partial charge in [-0.1, -0.05) is 60.7 Å². The van der Waals surface area contributed by atoms with Crippen LogP contribution in [0, 0.1) is 0 Å². The second-order valence-electron chi connectivity index (χ2n) is 8.24. The SMILES string of the molecule is O=C(NCc1ccccc1)C(c1ccccc1)N1CCN(C(=O)c2cccnc2C(F)(F)F)CC1. The Balaban J connectivity index is 1.47. The predicted molar refractivity (Wildman–Crippen MR) is 124 cm³/mol. The first kappa shape index (κ1) is 24.4. The average Bonchev–Trinajstić information content (AvgIpc) is 2.88. The summed E-state index contributed by atoms with van der Waals surface area (Å²) in [7, 11) is 0. The monoisotopic (exact) mass is 482 g/mol. The second kappa shape index (κ2) is 10.7. The highest BCUT2D eigenvalue weighted by atomic mass is 19.4. The van der Waals surface area contributed by atoms with E-state index in [1.807, 2.05) is 65.6 Å². The van der Waals surface area contributed by atoms with Crippen LogP contribution in [-0.4, -0.2) is 52.8 Å². The van der Waals surface area contributed by atoms with Crippen LogP contribution in [-0.2, 0) is 17.5 Å². The van der Waals surface area contributed by atoms with Gasteiger partial charge in [0.1, 0.15) is 6.04 Å². The summed E-state index contributed by atoms with van der Waals surface area (Å²) in [6.07, 6.45) is -3.70. The van der Waals surface area contributed by atoms with E-state index in [9.17, 15) is 22.8 Å². The first-order chi connectivity index (χ1) is 16.8. The van der Waals surface area contributed by atoms with Crippen molar-refractivity contribution in [3.63, 3.8) is 0 Å². The topological polar surface area (TPSA) is 65.5 Å². The van der Waals surface area contributed by atoms with Gasteiger partial charge in [0.05, 0.1) is 5.56 Å². The van der Waals surface area contributed by atoms with Gasteiger partial charge in [0.2, 0.25) is 5.91 Å². The number of benzene rings is 2. The van der Waals surface area contributed by atoms with Crippen molar-refractivity contribution in [3.8, 4) is 0 Å². The molecule has 1 unspecified atom stereocenters. The summed E-state index contributed by atoms with van der Waals surface area (Å²) >= 11 is 0. The lowest BCUT2D eigenvalue weighted by atomic mass is 10.0. The van der Waals surface area contributed by atoms with E-state index in [1.54, 1.807) is 0 Å². The number of amides is 2. The average molecular weight is 483 g/mol. The first-order valence-corrected chi connectivity index (χ1v) is 11.3. The Bertz CT molecular complexity index is 1150. The number of pyridine rings is 1. The Kier molecular flexibility index (Phi) is 7.45. The fraction of sp³-hybridized carbons (Fsp3) is 0.269. The molecule has 1 fully saturated rings. The molecule has 2 amide bonds. The number of piperazine rings is 1. The minimum absolute atomic E-state index is 0.175. The summed E-state index contributed by atoms with van der Waals surface area (Å²) in [6.45, 7) is 1.45. The van der Waals surface area contributed by atoms with E-state index in [-0.39, 0.29) is 19.0 Å². The smallest absolute Gasteiger partial charge is 0.350 e. The van der Waals surface area contributed by atoms with Crippen LogP contribution < -0.4 is 5.32 Å². The third-order valence-corrected chi connectivity index (χ3v) is 5.95. The maximum Gasteiger partial charge on any atom is 0.434 e. The van der Waals surface area contributed by atoms with Gasteiger partial charge in [0, 0.05) is 38.9 Å². The molecule has 6 nitrogen and oxygen atoms in total. The Morgan fingerprint density at radius 2 is 1.51 bits per heavy atom. The predicted octanol–water partition coefficient (Wildman–Crippen LogP) is 3.92. The summed E-state index contributed by atoms with van der Waals surface area (Å²) in [4.78, 5) is 32.9. The lowest BCUT2D eigenvalue weighted by Gasteiger charge is -2.39. The molecular formula is C26H25F3N4O2. The van der Waals surface area contributed by atoms with Crippen molar-refractivity contribution < 1.29 is 22.8 Å². The van der Waals surface area contributed by atoms with Gasteiger partial charge in [-0.25, -0.2) is 0 Å². The van der Waals surface area contributed by atoms with E-state index in [1.165, 1.54) is 11.0 Å². The first-order valence-electron chi connectivity index (χ1n) is 11.3. The normalized spacial score (nSPS) is 15.5. The minimum atomic E-state index is -4.72. The number of carbonyl (C=O) groups excluding carboxylic acids is 2. The molecule has 1 N–H and O–H groups in total. The van der Waals surface area contributed by atoms with Crippen LogP contribution in [0.15, 0.2) is 79.0 Å². The van der Waals surface area contributed by atoms with Gasteiger partial charge in [-0.2, -0.15) is 13.2 Å². The minimum Gasteiger partial charge on any atom is -0.350 e. The molecule has 4 rings (SSSR count). The van der Waals surface area contributed by atoms with Gasteiger partial charge < -0.3 is 10.2 Å². The van der Waals surface area contributed by atoms with Crippen molar-refractivity contribution in [1.82, 2.24) is 20.1 Å². The molecule has 35 heavy (non-hydrogen) atoms. The molecule has 3 aromatic rings. The molecule has 1 aliphatic rings. The van der Waals surface area contributed by atoms with Crippen molar-refractivity contribution in [1.29, 1.82) is 0 Å². The van der Waals surface area contributed by atoms with Crippen molar-refractivity contribution in [2.24, 2.45) is 0 Å². The third-order valence-electron chi connectivity index (χ3n) is 5.95. The van der Waals surface area contributed by atoms with Crippen LogP contribution in [0.5, 0.6) is 0 Å². The number of nitrogens with one attached hydrogen (secondary N) is 1. The van der Waals surface area contributed by atoms with Gasteiger partial charge in [-0.05, 0) is 23.3 Å². The summed E-state index contributed by atoms with van der Waals surface area (Å²) < 4.78 is 40.0. The van der Waals surface area contributed by atoms with Gasteiger partial charge >= 0.3 is 6.18 Å². The third kappa shape index (κ3) is 5.86. The van der Waals surface area contributed by atoms with Crippen LogP contribution in [0.2, 0.25) is 0 Å². The zero-order valence-electron chi connectivity index (χ0n) is 18.9. The second-order valence-corrected chi connectivity index (χ2v) is 8.24. The molecule has 1 aliphatic heterocycles. The van der Waals surface area contributed by atoms with Gasteiger partial charge in [0.15, 0.2) is 5.69 Å². The summed E-state index contributed by atoms with van der Waals surface area (Å²) in [5, 5.41) is 2.98. The maximum atomic E-state index is 13.3. The highest BCUT2D eigenvalue weighted by molar-refractivity contribution is 5.95. The zero-order valence-corrected chi connectivity index (χ0v) is 18.9. The van der Waals surface area contributed by atoms with E-state index in [0.29, 0.717) is 19.6 Å². The molecule has 0 bridgehead atoms. The van der Waals surface area contributed by atoms with Crippen LogP contribution in [0.4, 0.5) is 13.2 Å². The largest absolute Gasteiger partial charge is 0.434 e. The lowest BCUT2D eigenvalue weighted by Crippen LogP contribution is -2.52. The molecule has 1 aromatic heterocycles. The molecule has 2 aromatic carbocycles. The number of hydrogen-bond acceptors (Lipinski definition) is 4. The summed E-state index contributed by atoms with van der Waals surface area (Å²) in [5.41, 5.74) is 0.132.